The molecule has 0 atom stereocenters. The molecule has 1 aromatic rings. The largest absolute Gasteiger partial charge is 0.359 e. The summed E-state index contributed by atoms with van der Waals surface area (Å²) in [6.45, 7) is 2.15. The summed E-state index contributed by atoms with van der Waals surface area (Å²) < 4.78 is 0. The molecule has 1 aromatic carbocycles. The number of hydrogen-bond acceptors (Lipinski definition) is 1. The molecule has 1 heteroatoms. The van der Waals surface area contributed by atoms with Crippen LogP contribution in [0.3, 0.4) is 0 Å². The molecule has 1 nitrogen and oxygen atoms in total. The van der Waals surface area contributed by atoms with Gasteiger partial charge in [0.2, 0.25) is 0 Å². The summed E-state index contributed by atoms with van der Waals surface area (Å²) in [5, 5.41) is 3.38. The SMILES string of the molecule is CC(Nc1ccccc1)=C1CC1. The van der Waals surface area contributed by atoms with E-state index in [9.17, 15) is 0 Å². The van der Waals surface area contributed by atoms with Gasteiger partial charge < -0.3 is 5.32 Å². The van der Waals surface area contributed by atoms with Crippen molar-refractivity contribution in [3.63, 3.8) is 0 Å². The van der Waals surface area contributed by atoms with Crippen LogP contribution in [0.25, 0.3) is 0 Å². The van der Waals surface area contributed by atoms with E-state index in [1.165, 1.54) is 24.2 Å². The lowest BCUT2D eigenvalue weighted by molar-refractivity contribution is 1.35. The van der Waals surface area contributed by atoms with Crippen LogP contribution in [-0.2, 0) is 0 Å². The Balaban J connectivity index is 2.09. The van der Waals surface area contributed by atoms with Crippen molar-refractivity contribution < 1.29 is 0 Å². The second-order valence-electron chi connectivity index (χ2n) is 3.22. The van der Waals surface area contributed by atoms with Crippen molar-refractivity contribution in [2.75, 3.05) is 5.32 Å². The maximum Gasteiger partial charge on any atom is 0.0381 e. The molecule has 1 aliphatic carbocycles. The van der Waals surface area contributed by atoms with Crippen LogP contribution in [0, 0.1) is 0 Å². The average Bonchev–Trinajstić information content (AvgIpc) is 2.88. The molecule has 2 rings (SSSR count). The molecule has 0 aromatic heterocycles. The lowest BCUT2D eigenvalue weighted by atomic mass is 10.3. The van der Waals surface area contributed by atoms with E-state index in [2.05, 4.69) is 24.4 Å². The summed E-state index contributed by atoms with van der Waals surface area (Å²) in [5.74, 6) is 0. The number of anilines is 1. The fourth-order valence-corrected chi connectivity index (χ4v) is 1.26. The van der Waals surface area contributed by atoms with Crippen LogP contribution in [0.1, 0.15) is 19.8 Å². The van der Waals surface area contributed by atoms with E-state index in [-0.39, 0.29) is 0 Å². The van der Waals surface area contributed by atoms with Crippen molar-refractivity contribution in [3.05, 3.63) is 41.6 Å². The zero-order chi connectivity index (χ0) is 8.39. The molecule has 0 amide bonds. The predicted octanol–water partition coefficient (Wildman–Crippen LogP) is 3.17. The van der Waals surface area contributed by atoms with Crippen LogP contribution in [-0.4, -0.2) is 0 Å². The van der Waals surface area contributed by atoms with Crippen LogP contribution in [0.5, 0.6) is 0 Å². The molecule has 0 spiro atoms. The summed E-state index contributed by atoms with van der Waals surface area (Å²) in [4.78, 5) is 0. The normalized spacial score (nSPS) is 14.2. The summed E-state index contributed by atoms with van der Waals surface area (Å²) >= 11 is 0. The third-order valence-electron chi connectivity index (χ3n) is 2.14. The Hall–Kier alpha value is -1.24. The Bertz CT molecular complexity index is 292. The monoisotopic (exact) mass is 159 g/mol. The molecular weight excluding hydrogens is 146 g/mol. The van der Waals surface area contributed by atoms with Crippen molar-refractivity contribution in [3.8, 4) is 0 Å². The summed E-state index contributed by atoms with van der Waals surface area (Å²) in [7, 11) is 0. The van der Waals surface area contributed by atoms with Gasteiger partial charge in [-0.1, -0.05) is 23.8 Å². The number of para-hydroxylation sites is 1. The first-order valence-corrected chi connectivity index (χ1v) is 4.37. The van der Waals surface area contributed by atoms with Crippen LogP contribution in [0.15, 0.2) is 41.6 Å². The summed E-state index contributed by atoms with van der Waals surface area (Å²) in [5.41, 5.74) is 4.09. The minimum atomic E-state index is 1.19. The van der Waals surface area contributed by atoms with Crippen molar-refractivity contribution >= 4 is 5.69 Å². The van der Waals surface area contributed by atoms with Crippen molar-refractivity contribution in [1.29, 1.82) is 0 Å². The van der Waals surface area contributed by atoms with Gasteiger partial charge in [-0.05, 0) is 31.9 Å². The Kier molecular flexibility index (Phi) is 1.86. The van der Waals surface area contributed by atoms with E-state index in [1.807, 2.05) is 18.2 Å². The van der Waals surface area contributed by atoms with Gasteiger partial charge in [0, 0.05) is 11.4 Å². The highest BCUT2D eigenvalue weighted by Crippen LogP contribution is 2.31. The molecule has 0 saturated heterocycles. The number of nitrogens with one attached hydrogen (secondary N) is 1. The maximum absolute atomic E-state index is 3.38. The summed E-state index contributed by atoms with van der Waals surface area (Å²) in [6, 6.07) is 10.3. The molecule has 0 unspecified atom stereocenters. The number of allylic oxidation sites excluding steroid dienone is 2. The first-order chi connectivity index (χ1) is 5.86. The zero-order valence-electron chi connectivity index (χ0n) is 7.30. The molecule has 12 heavy (non-hydrogen) atoms. The van der Waals surface area contributed by atoms with Gasteiger partial charge in [-0.15, -0.1) is 0 Å². The van der Waals surface area contributed by atoms with Gasteiger partial charge in [0.1, 0.15) is 0 Å². The van der Waals surface area contributed by atoms with Crippen LogP contribution < -0.4 is 5.32 Å². The highest BCUT2D eigenvalue weighted by molar-refractivity contribution is 5.49. The molecular formula is C11H13N. The number of hydrogen-bond donors (Lipinski definition) is 1. The highest BCUT2D eigenvalue weighted by Gasteiger charge is 2.14. The Labute approximate surface area is 73.1 Å². The fourth-order valence-electron chi connectivity index (χ4n) is 1.26. The van der Waals surface area contributed by atoms with E-state index < -0.39 is 0 Å². The van der Waals surface area contributed by atoms with Gasteiger partial charge in [-0.25, -0.2) is 0 Å². The van der Waals surface area contributed by atoms with E-state index in [4.69, 9.17) is 0 Å². The van der Waals surface area contributed by atoms with Crippen molar-refractivity contribution in [1.82, 2.24) is 0 Å². The quantitative estimate of drug-likeness (QED) is 0.698. The van der Waals surface area contributed by atoms with Gasteiger partial charge >= 0.3 is 0 Å². The lowest BCUT2D eigenvalue weighted by Crippen LogP contribution is -1.94. The van der Waals surface area contributed by atoms with Gasteiger partial charge in [-0.2, -0.15) is 0 Å². The van der Waals surface area contributed by atoms with Crippen LogP contribution in [0.4, 0.5) is 5.69 Å². The highest BCUT2D eigenvalue weighted by atomic mass is 14.9. The van der Waals surface area contributed by atoms with Gasteiger partial charge in [0.25, 0.3) is 0 Å². The molecule has 62 valence electrons. The zero-order valence-corrected chi connectivity index (χ0v) is 7.30. The van der Waals surface area contributed by atoms with E-state index in [1.54, 1.807) is 5.57 Å². The molecule has 0 aliphatic heterocycles. The minimum Gasteiger partial charge on any atom is -0.359 e. The van der Waals surface area contributed by atoms with E-state index in [0.717, 1.165) is 0 Å². The van der Waals surface area contributed by atoms with Crippen LogP contribution in [0.2, 0.25) is 0 Å². The van der Waals surface area contributed by atoms with Crippen molar-refractivity contribution in [2.45, 2.75) is 19.8 Å². The smallest absolute Gasteiger partial charge is 0.0381 e. The van der Waals surface area contributed by atoms with Crippen molar-refractivity contribution in [2.24, 2.45) is 0 Å². The Morgan fingerprint density at radius 3 is 2.42 bits per heavy atom. The lowest BCUT2D eigenvalue weighted by Gasteiger charge is -2.04. The first-order valence-electron chi connectivity index (χ1n) is 4.37. The Morgan fingerprint density at radius 1 is 1.17 bits per heavy atom. The number of rotatable bonds is 2. The third-order valence-corrected chi connectivity index (χ3v) is 2.14. The first kappa shape index (κ1) is 7.41. The van der Waals surface area contributed by atoms with E-state index >= 15 is 0 Å². The second kappa shape index (κ2) is 3.02. The maximum atomic E-state index is 3.38. The minimum absolute atomic E-state index is 1.19. The molecule has 0 bridgehead atoms. The molecule has 1 saturated carbocycles. The molecule has 1 N–H and O–H groups in total. The topological polar surface area (TPSA) is 12.0 Å². The van der Waals surface area contributed by atoms with Gasteiger partial charge in [0.05, 0.1) is 0 Å². The molecule has 0 heterocycles. The van der Waals surface area contributed by atoms with Crippen LogP contribution >= 0.6 is 0 Å². The molecule has 1 aliphatic rings. The average molecular weight is 159 g/mol. The number of benzene rings is 1. The third kappa shape index (κ3) is 1.67. The molecule has 1 fully saturated rings. The Morgan fingerprint density at radius 2 is 1.83 bits per heavy atom. The molecule has 0 radical (unpaired) electrons. The standard InChI is InChI=1S/C11H13N/c1-9(10-7-8-10)12-11-5-3-2-4-6-11/h2-6,12H,7-8H2,1H3. The van der Waals surface area contributed by atoms with Gasteiger partial charge in [0.15, 0.2) is 0 Å². The summed E-state index contributed by atoms with van der Waals surface area (Å²) in [6.07, 6.45) is 2.57. The predicted molar refractivity (Wildman–Crippen MR) is 52.0 cm³/mol. The van der Waals surface area contributed by atoms with E-state index in [0.29, 0.717) is 0 Å². The second-order valence-corrected chi connectivity index (χ2v) is 3.22. The fraction of sp³-hybridized carbons (Fsp3) is 0.273. The van der Waals surface area contributed by atoms with Gasteiger partial charge in [-0.3, -0.25) is 0 Å².